The number of hydrogen-bond donors (Lipinski definition) is 1. The molecule has 1 heterocycles. The molecule has 7 nitrogen and oxygen atoms in total. The van der Waals surface area contributed by atoms with Crippen LogP contribution in [0.3, 0.4) is 0 Å². The van der Waals surface area contributed by atoms with Gasteiger partial charge in [-0.3, -0.25) is 9.69 Å². The van der Waals surface area contributed by atoms with Crippen LogP contribution < -0.4 is 5.32 Å². The lowest BCUT2D eigenvalue weighted by molar-refractivity contribution is -0.132. The molecule has 1 aliphatic heterocycles. The minimum Gasteiger partial charge on any atom is -0.340 e. The lowest BCUT2D eigenvalue weighted by Crippen LogP contribution is -2.49. The van der Waals surface area contributed by atoms with Crippen molar-refractivity contribution in [1.29, 1.82) is 5.26 Å². The number of nitriles is 1. The first-order valence-corrected chi connectivity index (χ1v) is 10.6. The summed E-state index contributed by atoms with van der Waals surface area (Å²) in [5, 5.41) is 11.7. The van der Waals surface area contributed by atoms with Crippen LogP contribution in [0.25, 0.3) is 0 Å². The van der Waals surface area contributed by atoms with Gasteiger partial charge in [0.25, 0.3) is 0 Å². The molecule has 1 fully saturated rings. The van der Waals surface area contributed by atoms with Gasteiger partial charge in [0, 0.05) is 59.3 Å². The number of nitrogens with one attached hydrogen (secondary N) is 1. The number of carbonyl (C=O) groups excluding carboxylic acids is 2. The summed E-state index contributed by atoms with van der Waals surface area (Å²) >= 11 is 0. The molecule has 3 amide bonds. The minimum absolute atomic E-state index is 0.0732. The Morgan fingerprint density at radius 3 is 2.32 bits per heavy atom. The third kappa shape index (κ3) is 6.83. The third-order valence-electron chi connectivity index (χ3n) is 5.44. The Morgan fingerprint density at radius 2 is 1.68 bits per heavy atom. The first-order valence-electron chi connectivity index (χ1n) is 10.6. The Bertz CT molecular complexity index is 900. The van der Waals surface area contributed by atoms with Crippen molar-refractivity contribution in [2.24, 2.45) is 0 Å². The lowest BCUT2D eigenvalue weighted by atomic mass is 10.1. The smallest absolute Gasteiger partial charge is 0.317 e. The van der Waals surface area contributed by atoms with Crippen LogP contribution in [0.5, 0.6) is 0 Å². The van der Waals surface area contributed by atoms with E-state index in [-0.39, 0.29) is 11.9 Å². The highest BCUT2D eigenvalue weighted by Gasteiger charge is 2.21. The molecule has 2 aromatic rings. The van der Waals surface area contributed by atoms with E-state index in [1.165, 1.54) is 5.56 Å². The molecule has 0 bridgehead atoms. The first kappa shape index (κ1) is 22.3. The highest BCUT2D eigenvalue weighted by atomic mass is 16.2. The molecule has 31 heavy (non-hydrogen) atoms. The Morgan fingerprint density at radius 1 is 1.00 bits per heavy atom. The fraction of sp³-hybridized carbons (Fsp3) is 0.375. The van der Waals surface area contributed by atoms with Gasteiger partial charge in [-0.05, 0) is 23.3 Å². The predicted molar refractivity (Wildman–Crippen MR) is 119 cm³/mol. The largest absolute Gasteiger partial charge is 0.340 e. The van der Waals surface area contributed by atoms with Crippen LogP contribution in [-0.2, 0) is 17.9 Å². The van der Waals surface area contributed by atoms with E-state index < -0.39 is 0 Å². The second-order valence-corrected chi connectivity index (χ2v) is 7.79. The van der Waals surface area contributed by atoms with Crippen LogP contribution in [0, 0.1) is 11.3 Å². The first-order chi connectivity index (χ1) is 15.0. The zero-order valence-electron chi connectivity index (χ0n) is 18.0. The summed E-state index contributed by atoms with van der Waals surface area (Å²) in [6, 6.07) is 19.4. The summed E-state index contributed by atoms with van der Waals surface area (Å²) in [6.07, 6.45) is 0.306. The lowest BCUT2D eigenvalue weighted by Gasteiger charge is -2.35. The van der Waals surface area contributed by atoms with Gasteiger partial charge < -0.3 is 15.1 Å². The van der Waals surface area contributed by atoms with Crippen molar-refractivity contribution in [3.63, 3.8) is 0 Å². The monoisotopic (exact) mass is 419 g/mol. The van der Waals surface area contributed by atoms with Gasteiger partial charge in [0.15, 0.2) is 0 Å². The quantitative estimate of drug-likeness (QED) is 0.748. The average Bonchev–Trinajstić information content (AvgIpc) is 2.80. The number of nitrogens with zero attached hydrogens (tertiary/aromatic N) is 4. The summed E-state index contributed by atoms with van der Waals surface area (Å²) in [5.74, 6) is 0.0732. The SMILES string of the molecule is CN(Cc1ccccc1)C(=O)NCCC(=O)N1CCN(Cc2ccc(C#N)cc2)CC1. The Kier molecular flexibility index (Phi) is 8.02. The maximum Gasteiger partial charge on any atom is 0.317 e. The molecule has 0 atom stereocenters. The van der Waals surface area contributed by atoms with E-state index in [0.29, 0.717) is 38.2 Å². The Labute approximate surface area is 183 Å². The van der Waals surface area contributed by atoms with Gasteiger partial charge >= 0.3 is 6.03 Å². The van der Waals surface area contributed by atoms with Crippen LogP contribution in [0.15, 0.2) is 54.6 Å². The Balaban J connectivity index is 1.34. The molecule has 3 rings (SSSR count). The molecule has 7 heteroatoms. The van der Waals surface area contributed by atoms with Crippen LogP contribution in [0.1, 0.15) is 23.1 Å². The van der Waals surface area contributed by atoms with Crippen molar-refractivity contribution in [3.05, 3.63) is 71.3 Å². The number of carbonyl (C=O) groups is 2. The number of urea groups is 1. The molecule has 162 valence electrons. The summed E-state index contributed by atoms with van der Waals surface area (Å²) in [4.78, 5) is 30.5. The topological polar surface area (TPSA) is 79.7 Å². The number of rotatable bonds is 7. The second kappa shape index (κ2) is 11.1. The molecule has 1 N–H and O–H groups in total. The van der Waals surface area contributed by atoms with Crippen LogP contribution in [0.4, 0.5) is 4.79 Å². The van der Waals surface area contributed by atoms with E-state index in [9.17, 15) is 9.59 Å². The van der Waals surface area contributed by atoms with Crippen molar-refractivity contribution < 1.29 is 9.59 Å². The highest BCUT2D eigenvalue weighted by molar-refractivity contribution is 5.78. The zero-order valence-corrected chi connectivity index (χ0v) is 18.0. The standard InChI is InChI=1S/C24H29N5O2/c1-27(18-21-5-3-2-4-6-21)24(31)26-12-11-23(30)29-15-13-28(14-16-29)19-22-9-7-20(17-25)8-10-22/h2-10H,11-16,18-19H2,1H3,(H,26,31). The number of benzene rings is 2. The normalized spacial score (nSPS) is 14.0. The Hall–Kier alpha value is -3.37. The molecule has 0 unspecified atom stereocenters. The molecular weight excluding hydrogens is 390 g/mol. The number of piperazine rings is 1. The molecule has 1 saturated heterocycles. The van der Waals surface area contributed by atoms with E-state index in [1.807, 2.05) is 59.5 Å². The van der Waals surface area contributed by atoms with E-state index in [0.717, 1.165) is 25.2 Å². The highest BCUT2D eigenvalue weighted by Crippen LogP contribution is 2.10. The molecular formula is C24H29N5O2. The fourth-order valence-electron chi connectivity index (χ4n) is 3.60. The van der Waals surface area contributed by atoms with Gasteiger partial charge in [0.1, 0.15) is 0 Å². The van der Waals surface area contributed by atoms with Crippen molar-refractivity contribution in [2.45, 2.75) is 19.5 Å². The average molecular weight is 420 g/mol. The molecule has 2 aromatic carbocycles. The van der Waals surface area contributed by atoms with Crippen LogP contribution in [0.2, 0.25) is 0 Å². The summed E-state index contributed by atoms with van der Waals surface area (Å²) < 4.78 is 0. The predicted octanol–water partition coefficient (Wildman–Crippen LogP) is 2.43. The minimum atomic E-state index is -0.177. The molecule has 1 aliphatic rings. The van der Waals surface area contributed by atoms with Crippen molar-refractivity contribution in [1.82, 2.24) is 20.0 Å². The van der Waals surface area contributed by atoms with Gasteiger partial charge in [-0.2, -0.15) is 5.26 Å². The summed E-state index contributed by atoms with van der Waals surface area (Å²) in [7, 11) is 1.75. The van der Waals surface area contributed by atoms with Gasteiger partial charge in [-0.15, -0.1) is 0 Å². The maximum absolute atomic E-state index is 12.5. The third-order valence-corrected chi connectivity index (χ3v) is 5.44. The molecule has 0 radical (unpaired) electrons. The van der Waals surface area contributed by atoms with Gasteiger partial charge in [0.2, 0.25) is 5.91 Å². The molecule has 0 saturated carbocycles. The number of amides is 3. The van der Waals surface area contributed by atoms with Gasteiger partial charge in [-0.1, -0.05) is 42.5 Å². The fourth-order valence-corrected chi connectivity index (χ4v) is 3.60. The summed E-state index contributed by atoms with van der Waals surface area (Å²) in [6.45, 7) is 4.70. The molecule has 0 aliphatic carbocycles. The maximum atomic E-state index is 12.5. The van der Waals surface area contributed by atoms with Crippen LogP contribution >= 0.6 is 0 Å². The van der Waals surface area contributed by atoms with Crippen LogP contribution in [-0.4, -0.2) is 66.4 Å². The zero-order chi connectivity index (χ0) is 22.1. The molecule has 0 aromatic heterocycles. The second-order valence-electron chi connectivity index (χ2n) is 7.79. The molecule has 0 spiro atoms. The van der Waals surface area contributed by atoms with Gasteiger partial charge in [-0.25, -0.2) is 4.79 Å². The van der Waals surface area contributed by atoms with E-state index in [4.69, 9.17) is 5.26 Å². The van der Waals surface area contributed by atoms with E-state index >= 15 is 0 Å². The van der Waals surface area contributed by atoms with Gasteiger partial charge in [0.05, 0.1) is 11.6 Å². The van der Waals surface area contributed by atoms with Crippen molar-refractivity contribution in [3.8, 4) is 6.07 Å². The van der Waals surface area contributed by atoms with E-state index in [1.54, 1.807) is 11.9 Å². The number of hydrogen-bond acceptors (Lipinski definition) is 4. The van der Waals surface area contributed by atoms with Crippen molar-refractivity contribution in [2.75, 3.05) is 39.8 Å². The van der Waals surface area contributed by atoms with E-state index in [2.05, 4.69) is 16.3 Å². The van der Waals surface area contributed by atoms with Crippen molar-refractivity contribution >= 4 is 11.9 Å². The summed E-state index contributed by atoms with van der Waals surface area (Å²) in [5.41, 5.74) is 2.90.